The minimum absolute atomic E-state index is 0.0615. The van der Waals surface area contributed by atoms with Gasteiger partial charge < -0.3 is 5.32 Å². The lowest BCUT2D eigenvalue weighted by atomic mass is 10.1. The third-order valence-corrected chi connectivity index (χ3v) is 7.48. The SMILES string of the molecule is Cc1ccc(S(=O)(=O)CCCC(=O)Nc2nc3c(ccc4ccccc43)s2)cc1. The molecule has 3 aromatic carbocycles. The second-order valence-electron chi connectivity index (χ2n) is 6.94. The first-order chi connectivity index (χ1) is 13.9. The third-order valence-electron chi connectivity index (χ3n) is 4.73. The van der Waals surface area contributed by atoms with E-state index < -0.39 is 9.84 Å². The fraction of sp³-hybridized carbons (Fsp3) is 0.182. The Morgan fingerprint density at radius 1 is 1.03 bits per heavy atom. The highest BCUT2D eigenvalue weighted by atomic mass is 32.2. The lowest BCUT2D eigenvalue weighted by Gasteiger charge is -2.05. The number of hydrogen-bond acceptors (Lipinski definition) is 5. The first-order valence-electron chi connectivity index (χ1n) is 9.30. The number of carbonyl (C=O) groups excluding carboxylic acids is 1. The topological polar surface area (TPSA) is 76.1 Å². The molecule has 1 aromatic heterocycles. The van der Waals surface area contributed by atoms with Gasteiger partial charge in [0.05, 0.1) is 20.9 Å². The number of thiazole rings is 1. The van der Waals surface area contributed by atoms with Crippen LogP contribution in [-0.4, -0.2) is 25.1 Å². The lowest BCUT2D eigenvalue weighted by Crippen LogP contribution is -2.14. The van der Waals surface area contributed by atoms with Crippen molar-refractivity contribution in [2.24, 2.45) is 0 Å². The first-order valence-corrected chi connectivity index (χ1v) is 11.8. The number of rotatable bonds is 6. The van der Waals surface area contributed by atoms with Crippen molar-refractivity contribution >= 4 is 53.2 Å². The maximum atomic E-state index is 12.4. The number of anilines is 1. The number of hydrogen-bond donors (Lipinski definition) is 1. The number of fused-ring (bicyclic) bond motifs is 3. The highest BCUT2D eigenvalue weighted by molar-refractivity contribution is 7.91. The van der Waals surface area contributed by atoms with Crippen LogP contribution in [0.5, 0.6) is 0 Å². The number of nitrogens with one attached hydrogen (secondary N) is 1. The van der Waals surface area contributed by atoms with Gasteiger partial charge >= 0.3 is 0 Å². The van der Waals surface area contributed by atoms with Crippen LogP contribution in [0.15, 0.2) is 65.6 Å². The van der Waals surface area contributed by atoms with Crippen molar-refractivity contribution in [2.75, 3.05) is 11.1 Å². The van der Waals surface area contributed by atoms with Crippen molar-refractivity contribution in [1.29, 1.82) is 0 Å². The zero-order valence-electron chi connectivity index (χ0n) is 15.9. The normalized spacial score (nSPS) is 11.8. The van der Waals surface area contributed by atoms with Gasteiger partial charge in [0.1, 0.15) is 0 Å². The largest absolute Gasteiger partial charge is 0.302 e. The van der Waals surface area contributed by atoms with E-state index in [1.807, 2.05) is 43.3 Å². The third kappa shape index (κ3) is 4.31. The lowest BCUT2D eigenvalue weighted by molar-refractivity contribution is -0.116. The van der Waals surface area contributed by atoms with Gasteiger partial charge in [-0.1, -0.05) is 59.4 Å². The van der Waals surface area contributed by atoms with E-state index in [1.165, 1.54) is 11.3 Å². The number of aromatic nitrogens is 1. The molecule has 0 aliphatic heterocycles. The summed E-state index contributed by atoms with van der Waals surface area (Å²) >= 11 is 1.42. The summed E-state index contributed by atoms with van der Waals surface area (Å²) in [6.07, 6.45) is 0.387. The molecule has 4 rings (SSSR count). The molecule has 0 aliphatic rings. The van der Waals surface area contributed by atoms with Crippen molar-refractivity contribution in [1.82, 2.24) is 4.98 Å². The smallest absolute Gasteiger partial charge is 0.226 e. The molecule has 7 heteroatoms. The monoisotopic (exact) mass is 424 g/mol. The van der Waals surface area contributed by atoms with Gasteiger partial charge in [-0.05, 0) is 36.9 Å². The maximum absolute atomic E-state index is 12.4. The Hall–Kier alpha value is -2.77. The average molecular weight is 425 g/mol. The van der Waals surface area contributed by atoms with Crippen LogP contribution >= 0.6 is 11.3 Å². The van der Waals surface area contributed by atoms with Gasteiger partial charge in [-0.15, -0.1) is 0 Å². The van der Waals surface area contributed by atoms with Crippen LogP contribution in [0.4, 0.5) is 5.13 Å². The summed E-state index contributed by atoms with van der Waals surface area (Å²) in [4.78, 5) is 17.1. The molecule has 0 spiro atoms. The van der Waals surface area contributed by atoms with E-state index in [0.717, 1.165) is 26.6 Å². The molecule has 0 saturated heterocycles. The fourth-order valence-corrected chi connectivity index (χ4v) is 5.39. The van der Waals surface area contributed by atoms with Crippen LogP contribution < -0.4 is 5.32 Å². The Kier molecular flexibility index (Phi) is 5.34. The van der Waals surface area contributed by atoms with Gasteiger partial charge in [-0.2, -0.15) is 0 Å². The summed E-state index contributed by atoms with van der Waals surface area (Å²) in [5, 5.41) is 5.48. The molecule has 1 amide bonds. The average Bonchev–Trinajstić information content (AvgIpc) is 3.11. The first kappa shape index (κ1) is 19.5. The van der Waals surface area contributed by atoms with Crippen molar-refractivity contribution in [2.45, 2.75) is 24.7 Å². The minimum Gasteiger partial charge on any atom is -0.302 e. The van der Waals surface area contributed by atoms with Gasteiger partial charge in [0.25, 0.3) is 0 Å². The van der Waals surface area contributed by atoms with Crippen molar-refractivity contribution in [3.63, 3.8) is 0 Å². The number of sulfone groups is 1. The Balaban J connectivity index is 1.40. The van der Waals surface area contributed by atoms with E-state index in [9.17, 15) is 13.2 Å². The van der Waals surface area contributed by atoms with Crippen LogP contribution in [-0.2, 0) is 14.6 Å². The van der Waals surface area contributed by atoms with E-state index in [-0.39, 0.29) is 24.5 Å². The molecule has 0 aliphatic carbocycles. The number of aryl methyl sites for hydroxylation is 1. The fourth-order valence-electron chi connectivity index (χ4n) is 3.18. The van der Waals surface area contributed by atoms with E-state index in [0.29, 0.717) is 10.0 Å². The zero-order chi connectivity index (χ0) is 20.4. The molecule has 0 unspecified atom stereocenters. The molecule has 0 fully saturated rings. The summed E-state index contributed by atoms with van der Waals surface area (Å²) in [6, 6.07) is 18.8. The van der Waals surface area contributed by atoms with Crippen LogP contribution in [0.2, 0.25) is 0 Å². The van der Waals surface area contributed by atoms with E-state index in [1.54, 1.807) is 24.3 Å². The van der Waals surface area contributed by atoms with Crippen LogP contribution in [0.25, 0.3) is 21.0 Å². The second-order valence-corrected chi connectivity index (χ2v) is 10.1. The predicted octanol–water partition coefficient (Wildman–Crippen LogP) is 4.95. The molecule has 0 bridgehead atoms. The Labute approximate surface area is 173 Å². The van der Waals surface area contributed by atoms with Gasteiger partial charge in [0.15, 0.2) is 15.0 Å². The van der Waals surface area contributed by atoms with Crippen molar-refractivity contribution in [3.05, 3.63) is 66.2 Å². The zero-order valence-corrected chi connectivity index (χ0v) is 17.5. The molecular weight excluding hydrogens is 404 g/mol. The molecule has 1 N–H and O–H groups in total. The van der Waals surface area contributed by atoms with Crippen LogP contribution in [0, 0.1) is 6.92 Å². The number of nitrogens with zero attached hydrogens (tertiary/aromatic N) is 1. The van der Waals surface area contributed by atoms with Crippen molar-refractivity contribution in [3.8, 4) is 0 Å². The summed E-state index contributed by atoms with van der Waals surface area (Å²) in [5.74, 6) is -0.291. The molecule has 5 nitrogen and oxygen atoms in total. The number of amides is 1. The molecule has 4 aromatic rings. The molecule has 0 atom stereocenters. The van der Waals surface area contributed by atoms with E-state index in [4.69, 9.17) is 0 Å². The predicted molar refractivity (Wildman–Crippen MR) is 118 cm³/mol. The van der Waals surface area contributed by atoms with Crippen LogP contribution in [0.1, 0.15) is 18.4 Å². The van der Waals surface area contributed by atoms with Crippen molar-refractivity contribution < 1.29 is 13.2 Å². The van der Waals surface area contributed by atoms with Gasteiger partial charge in [-0.3, -0.25) is 4.79 Å². The molecule has 0 saturated carbocycles. The van der Waals surface area contributed by atoms with E-state index >= 15 is 0 Å². The number of benzene rings is 3. The standard InChI is InChI=1S/C22H20N2O3S2/c1-15-8-11-17(12-9-15)29(26,27)14-4-7-20(25)23-22-24-21-18-6-3-2-5-16(18)10-13-19(21)28-22/h2-3,5-6,8-13H,4,7,14H2,1H3,(H,23,24,25). The van der Waals surface area contributed by atoms with Gasteiger partial charge in [-0.25, -0.2) is 13.4 Å². The van der Waals surface area contributed by atoms with Gasteiger partial charge in [0.2, 0.25) is 5.91 Å². The molecule has 29 heavy (non-hydrogen) atoms. The Morgan fingerprint density at radius 2 is 1.79 bits per heavy atom. The molecular formula is C22H20N2O3S2. The number of carbonyl (C=O) groups is 1. The maximum Gasteiger partial charge on any atom is 0.226 e. The molecule has 148 valence electrons. The quantitative estimate of drug-likeness (QED) is 0.475. The van der Waals surface area contributed by atoms with E-state index in [2.05, 4.69) is 10.3 Å². The Morgan fingerprint density at radius 3 is 2.59 bits per heavy atom. The highest BCUT2D eigenvalue weighted by Crippen LogP contribution is 2.31. The molecule has 0 radical (unpaired) electrons. The summed E-state index contributed by atoms with van der Waals surface area (Å²) in [6.45, 7) is 1.91. The Bertz CT molecular complexity index is 1290. The summed E-state index contributed by atoms with van der Waals surface area (Å²) < 4.78 is 25.8. The summed E-state index contributed by atoms with van der Waals surface area (Å²) in [5.41, 5.74) is 1.87. The minimum atomic E-state index is -3.38. The highest BCUT2D eigenvalue weighted by Gasteiger charge is 2.16. The van der Waals surface area contributed by atoms with Crippen LogP contribution in [0.3, 0.4) is 0 Å². The second kappa shape index (κ2) is 7.93. The summed E-state index contributed by atoms with van der Waals surface area (Å²) in [7, 11) is -3.38. The molecule has 1 heterocycles. The van der Waals surface area contributed by atoms with Gasteiger partial charge in [0, 0.05) is 11.8 Å².